The van der Waals surface area contributed by atoms with Gasteiger partial charge in [0.15, 0.2) is 5.78 Å². The fourth-order valence-corrected chi connectivity index (χ4v) is 2.03. The summed E-state index contributed by atoms with van der Waals surface area (Å²) in [4.78, 5) is 41.6. The van der Waals surface area contributed by atoms with Crippen LogP contribution in [0.15, 0.2) is 22.9 Å². The molecule has 0 amide bonds. The minimum absolute atomic E-state index is 0.184. The van der Waals surface area contributed by atoms with Gasteiger partial charge in [-0.15, -0.1) is 0 Å². The molecule has 6 heteroatoms. The van der Waals surface area contributed by atoms with Gasteiger partial charge in [0.05, 0.1) is 28.8 Å². The molecule has 21 heavy (non-hydrogen) atoms. The average Bonchev–Trinajstić information content (AvgIpc) is 2.67. The Hall–Kier alpha value is -2.50. The molecule has 108 valence electrons. The van der Waals surface area contributed by atoms with Gasteiger partial charge in [-0.2, -0.15) is 0 Å². The summed E-state index contributed by atoms with van der Waals surface area (Å²) in [5.74, 6) is -3.41. The Morgan fingerprint density at radius 3 is 3.10 bits per heavy atom. The summed E-state index contributed by atoms with van der Waals surface area (Å²) in [6.07, 6.45) is -6.51. The number of nitrogens with two attached hydrogens (primary N) is 1. The van der Waals surface area contributed by atoms with Gasteiger partial charge in [-0.25, -0.2) is 4.98 Å². The molecule has 1 aliphatic carbocycles. The fraction of sp³-hybridized carbons (Fsp3) is 0.333. The van der Waals surface area contributed by atoms with Gasteiger partial charge < -0.3 is 5.73 Å². The topological polar surface area (TPSA) is 95.0 Å². The van der Waals surface area contributed by atoms with Crippen molar-refractivity contribution in [1.82, 2.24) is 9.55 Å². The fourth-order valence-electron chi connectivity index (χ4n) is 2.03. The molecule has 2 unspecified atom stereocenters. The van der Waals surface area contributed by atoms with E-state index in [4.69, 9.17) is 18.1 Å². The second-order valence-electron chi connectivity index (χ2n) is 4.32. The van der Waals surface area contributed by atoms with Crippen LogP contribution in [0, 0.1) is 6.88 Å². The Labute approximate surface area is 133 Å². The van der Waals surface area contributed by atoms with Crippen LogP contribution in [0.25, 0.3) is 10.9 Å². The van der Waals surface area contributed by atoms with Gasteiger partial charge in [0.25, 0.3) is 5.56 Å². The highest BCUT2D eigenvalue weighted by Gasteiger charge is 2.30. The molecule has 0 aliphatic heterocycles. The van der Waals surface area contributed by atoms with Crippen molar-refractivity contribution < 1.29 is 21.9 Å². The molecule has 1 aromatic heterocycles. The molecule has 2 aromatic rings. The van der Waals surface area contributed by atoms with Crippen molar-refractivity contribution in [2.45, 2.75) is 32.1 Å². The lowest BCUT2D eigenvalue weighted by molar-refractivity contribution is -0.132. The average molecular weight is 294 g/mol. The molecular formula is C15H15N3O3. The third-order valence-corrected chi connectivity index (χ3v) is 2.97. The number of fused-ring (bicyclic) bond motifs is 1. The number of carbonyl (C=O) groups excluding carboxylic acids is 2. The van der Waals surface area contributed by atoms with Crippen molar-refractivity contribution in [3.63, 3.8) is 0 Å². The number of carbonyl (C=O) groups is 2. The van der Waals surface area contributed by atoms with Crippen LogP contribution in [0.3, 0.4) is 0 Å². The highest BCUT2D eigenvalue weighted by Crippen LogP contribution is 2.24. The number of benzene rings is 1. The van der Waals surface area contributed by atoms with E-state index in [1.807, 2.05) is 0 Å². The second-order valence-corrected chi connectivity index (χ2v) is 4.32. The van der Waals surface area contributed by atoms with E-state index in [1.54, 1.807) is 0 Å². The van der Waals surface area contributed by atoms with Crippen molar-refractivity contribution in [1.29, 1.82) is 0 Å². The van der Waals surface area contributed by atoms with E-state index < -0.39 is 89.8 Å². The van der Waals surface area contributed by atoms with Gasteiger partial charge in [-0.3, -0.25) is 19.0 Å². The first kappa shape index (κ1) is 6.51. The number of Topliss-reactive ketones (excluding diaryl/α,β-unsaturated/α-hetero) is 2. The Balaban J connectivity index is 2.54. The number of aromatic nitrogens is 2. The van der Waals surface area contributed by atoms with E-state index in [0.29, 0.717) is 0 Å². The number of rotatable bonds is 1. The number of hydrogen-bond donors (Lipinski definition) is 1. The van der Waals surface area contributed by atoms with Crippen molar-refractivity contribution in [2.75, 3.05) is 5.73 Å². The summed E-state index contributed by atoms with van der Waals surface area (Å²) in [6, 6.07) is -5.11. The van der Waals surface area contributed by atoms with Crippen LogP contribution in [-0.4, -0.2) is 21.1 Å². The van der Waals surface area contributed by atoms with Gasteiger partial charge >= 0.3 is 0 Å². The molecule has 1 heterocycles. The predicted molar refractivity (Wildman–Crippen MR) is 78.1 cm³/mol. The SMILES string of the molecule is [2H]c1c([2H])c(N)c2c(=O)n(C3([2H])C(=O)CC(=O)C([2H])([2H])C3[2H])c(C([2H])[2H])nc2c1[2H]. The largest absolute Gasteiger partial charge is 0.398 e. The van der Waals surface area contributed by atoms with Crippen molar-refractivity contribution in [2.24, 2.45) is 0 Å². The Morgan fingerprint density at radius 1 is 1.52 bits per heavy atom. The maximum absolute atomic E-state index is 13.3. The third kappa shape index (κ3) is 2.12. The van der Waals surface area contributed by atoms with E-state index in [0.717, 1.165) is 0 Å². The van der Waals surface area contributed by atoms with E-state index in [1.165, 1.54) is 0 Å². The van der Waals surface area contributed by atoms with Crippen LogP contribution < -0.4 is 11.3 Å². The van der Waals surface area contributed by atoms with Gasteiger partial charge in [0, 0.05) is 18.9 Å². The minimum Gasteiger partial charge on any atom is -0.398 e. The normalized spacial score (nSPS) is 34.9. The molecule has 1 fully saturated rings. The Morgan fingerprint density at radius 2 is 2.33 bits per heavy atom. The molecule has 6 nitrogen and oxygen atoms in total. The number of nitrogens with zero attached hydrogens (tertiary/aromatic N) is 2. The summed E-state index contributed by atoms with van der Waals surface area (Å²) in [6.45, 7) is -2.11. The van der Waals surface area contributed by atoms with E-state index in [-0.39, 0.29) is 4.57 Å². The zero-order chi connectivity index (χ0) is 22.9. The smallest absolute Gasteiger partial charge is 0.264 e. The number of aryl methyl sites for hydroxylation is 1. The molecule has 2 atom stereocenters. The lowest BCUT2D eigenvalue weighted by atomic mass is 9.92. The molecule has 1 saturated carbocycles. The summed E-state index contributed by atoms with van der Waals surface area (Å²) >= 11 is 0. The maximum Gasteiger partial charge on any atom is 0.264 e. The molecule has 0 bridgehead atoms. The number of ketones is 2. The summed E-state index contributed by atoms with van der Waals surface area (Å²) < 4.78 is 71.3. The highest BCUT2D eigenvalue weighted by atomic mass is 16.2. The Kier molecular flexibility index (Phi) is 1.49. The first-order valence-electron chi connectivity index (χ1n) is 10.6. The van der Waals surface area contributed by atoms with Crippen LogP contribution >= 0.6 is 0 Å². The van der Waals surface area contributed by atoms with E-state index in [9.17, 15) is 14.4 Å². The minimum atomic E-state index is -3.05. The van der Waals surface area contributed by atoms with E-state index >= 15 is 0 Å². The molecule has 0 saturated heterocycles. The summed E-state index contributed by atoms with van der Waals surface area (Å²) in [7, 11) is 0. The lowest BCUT2D eigenvalue weighted by Gasteiger charge is -2.24. The van der Waals surface area contributed by atoms with Gasteiger partial charge in [0.2, 0.25) is 0 Å². The van der Waals surface area contributed by atoms with Crippen LogP contribution in [-0.2, 0) is 9.59 Å². The molecule has 0 radical (unpaired) electrons. The van der Waals surface area contributed by atoms with Crippen molar-refractivity contribution in [3.8, 4) is 0 Å². The molecule has 3 rings (SSSR count). The predicted octanol–water partition coefficient (Wildman–Crippen LogP) is 1.15. The summed E-state index contributed by atoms with van der Waals surface area (Å²) in [5.41, 5.74) is 3.28. The first-order chi connectivity index (χ1) is 13.7. The van der Waals surface area contributed by atoms with Crippen LogP contribution in [0.1, 0.15) is 43.4 Å². The molecular weight excluding hydrogens is 270 g/mol. The zero-order valence-corrected chi connectivity index (χ0v) is 10.6. The van der Waals surface area contributed by atoms with Crippen LogP contribution in [0.5, 0.6) is 0 Å². The number of anilines is 1. The lowest BCUT2D eigenvalue weighted by Crippen LogP contribution is -2.36. The van der Waals surface area contributed by atoms with Gasteiger partial charge in [-0.05, 0) is 25.4 Å². The Bertz CT molecular complexity index is 1180. The number of nitrogen functional groups attached to an aromatic ring is 1. The molecule has 2 N–H and O–H groups in total. The number of hydrogen-bond acceptors (Lipinski definition) is 5. The van der Waals surface area contributed by atoms with Crippen molar-refractivity contribution >= 4 is 28.2 Å². The van der Waals surface area contributed by atoms with Gasteiger partial charge in [-0.1, -0.05) is 6.04 Å². The molecule has 0 spiro atoms. The maximum atomic E-state index is 13.3. The van der Waals surface area contributed by atoms with Crippen LogP contribution in [0.2, 0.25) is 0 Å². The molecule has 1 aliphatic rings. The van der Waals surface area contributed by atoms with Gasteiger partial charge in [0.1, 0.15) is 11.6 Å². The molecule has 1 aromatic carbocycles. The monoisotopic (exact) mass is 294 g/mol. The standard InChI is InChI=1S/C15H15N3O3/c1-8-17-11-4-2-3-10(16)14(11)15(21)18(8)12-6-5-9(19)7-13(12)20/h2-4,12H,5-7,16H2,1H3/i1D2,2D,3D,4D,5D2,6D,12D. The van der Waals surface area contributed by atoms with E-state index in [2.05, 4.69) is 4.98 Å². The van der Waals surface area contributed by atoms with Crippen molar-refractivity contribution in [3.05, 3.63) is 34.3 Å². The van der Waals surface area contributed by atoms with Crippen LogP contribution in [0.4, 0.5) is 5.69 Å². The quantitative estimate of drug-likeness (QED) is 0.629. The highest BCUT2D eigenvalue weighted by molar-refractivity contribution is 6.03. The zero-order valence-electron chi connectivity index (χ0n) is 19.6. The summed E-state index contributed by atoms with van der Waals surface area (Å²) in [5, 5.41) is -0.630. The first-order valence-corrected chi connectivity index (χ1v) is 5.84. The second kappa shape index (κ2) is 4.80. The third-order valence-electron chi connectivity index (χ3n) is 2.97.